The predicted octanol–water partition coefficient (Wildman–Crippen LogP) is 4.02. The smallest absolute Gasteiger partial charge is 0.223 e. The average Bonchev–Trinajstić information content (AvgIpc) is 3.60. The van der Waals surface area contributed by atoms with Crippen molar-refractivity contribution in [3.05, 3.63) is 53.4 Å². The molecule has 2 fully saturated rings. The summed E-state index contributed by atoms with van der Waals surface area (Å²) in [4.78, 5) is 28.5. The number of hydrogen-bond acceptors (Lipinski definition) is 7. The van der Waals surface area contributed by atoms with Crippen LogP contribution in [0.5, 0.6) is 5.75 Å². The van der Waals surface area contributed by atoms with Crippen LogP contribution in [-0.4, -0.2) is 41.1 Å². The number of aromatic nitrogens is 3. The lowest BCUT2D eigenvalue weighted by Gasteiger charge is -2.32. The van der Waals surface area contributed by atoms with Gasteiger partial charge in [0.2, 0.25) is 5.91 Å². The third kappa shape index (κ3) is 4.75. The molecule has 1 saturated carbocycles. The summed E-state index contributed by atoms with van der Waals surface area (Å²) in [7, 11) is 1.66. The van der Waals surface area contributed by atoms with Crippen molar-refractivity contribution in [1.29, 1.82) is 0 Å². The Morgan fingerprint density at radius 3 is 2.66 bits per heavy atom. The second kappa shape index (κ2) is 9.24. The maximum absolute atomic E-state index is 12.7. The van der Waals surface area contributed by atoms with Crippen molar-refractivity contribution in [3.8, 4) is 16.3 Å². The Balaban J connectivity index is 1.11. The molecule has 1 aliphatic carbocycles. The van der Waals surface area contributed by atoms with E-state index in [-0.39, 0.29) is 11.8 Å². The SMILES string of the molecule is COc1ccc(-c2nc(CNC(=O)C3CCN(c4cc(C5CC5)ncn4)CC3)cs2)cc1. The standard InChI is InChI=1S/C24H27N5O2S/c1-31-20-6-4-18(5-7-20)24-28-19(14-32-24)13-25-23(30)17-8-10-29(11-9-17)22-12-21(16-2-3-16)26-15-27-22/h4-7,12,14-17H,2-3,8-11,13H2,1H3,(H,25,30). The second-order valence-electron chi connectivity index (χ2n) is 8.43. The Labute approximate surface area is 191 Å². The number of thiazole rings is 1. The molecule has 0 bridgehead atoms. The third-order valence-corrected chi connectivity index (χ3v) is 7.13. The lowest BCUT2D eigenvalue weighted by Crippen LogP contribution is -2.40. The van der Waals surface area contributed by atoms with Crippen molar-refractivity contribution in [2.75, 3.05) is 25.1 Å². The summed E-state index contributed by atoms with van der Waals surface area (Å²) in [6.45, 7) is 2.15. The molecule has 0 spiro atoms. The molecule has 1 amide bonds. The fourth-order valence-corrected chi connectivity index (χ4v) is 4.91. The summed E-state index contributed by atoms with van der Waals surface area (Å²) < 4.78 is 5.21. The van der Waals surface area contributed by atoms with Gasteiger partial charge in [-0.1, -0.05) is 0 Å². The normalized spacial score (nSPS) is 16.7. The second-order valence-corrected chi connectivity index (χ2v) is 9.29. The first-order valence-corrected chi connectivity index (χ1v) is 12.0. The highest BCUT2D eigenvalue weighted by Crippen LogP contribution is 2.39. The highest BCUT2D eigenvalue weighted by atomic mass is 32.1. The van der Waals surface area contributed by atoms with Gasteiger partial charge < -0.3 is 15.0 Å². The maximum Gasteiger partial charge on any atom is 0.223 e. The Morgan fingerprint density at radius 1 is 1.16 bits per heavy atom. The van der Waals surface area contributed by atoms with E-state index in [2.05, 4.69) is 31.2 Å². The molecule has 0 radical (unpaired) electrons. The summed E-state index contributed by atoms with van der Waals surface area (Å²) in [5, 5.41) is 6.03. The molecule has 7 nitrogen and oxygen atoms in total. The highest BCUT2D eigenvalue weighted by Gasteiger charge is 2.28. The summed E-state index contributed by atoms with van der Waals surface area (Å²) in [5.74, 6) is 2.60. The quantitative estimate of drug-likeness (QED) is 0.587. The minimum atomic E-state index is 0.0377. The zero-order valence-electron chi connectivity index (χ0n) is 18.2. The van der Waals surface area contributed by atoms with Gasteiger partial charge in [-0.25, -0.2) is 15.0 Å². The van der Waals surface area contributed by atoms with Gasteiger partial charge in [-0.2, -0.15) is 0 Å². The Morgan fingerprint density at radius 2 is 1.94 bits per heavy atom. The average molecular weight is 450 g/mol. The molecule has 166 valence electrons. The van der Waals surface area contributed by atoms with E-state index >= 15 is 0 Å². The van der Waals surface area contributed by atoms with Crippen molar-refractivity contribution in [3.63, 3.8) is 0 Å². The molecule has 2 aromatic heterocycles. The van der Waals surface area contributed by atoms with Crippen LogP contribution < -0.4 is 15.0 Å². The van der Waals surface area contributed by atoms with Gasteiger partial charge in [-0.05, 0) is 49.9 Å². The zero-order valence-corrected chi connectivity index (χ0v) is 19.0. The number of methoxy groups -OCH3 is 1. The van der Waals surface area contributed by atoms with E-state index in [0.717, 1.165) is 59.5 Å². The molecule has 1 aliphatic heterocycles. The van der Waals surface area contributed by atoms with Gasteiger partial charge in [-0.15, -0.1) is 11.3 Å². The molecule has 32 heavy (non-hydrogen) atoms. The number of amides is 1. The van der Waals surface area contributed by atoms with Crippen molar-refractivity contribution in [1.82, 2.24) is 20.3 Å². The monoisotopic (exact) mass is 449 g/mol. The molecule has 1 N–H and O–H groups in total. The summed E-state index contributed by atoms with van der Waals surface area (Å²) in [5.41, 5.74) is 3.10. The summed E-state index contributed by atoms with van der Waals surface area (Å²) >= 11 is 1.59. The number of nitrogens with zero attached hydrogens (tertiary/aromatic N) is 4. The van der Waals surface area contributed by atoms with Crippen LogP contribution in [0.1, 0.15) is 43.0 Å². The molecule has 5 rings (SSSR count). The van der Waals surface area contributed by atoms with Gasteiger partial charge in [0.15, 0.2) is 0 Å². The van der Waals surface area contributed by atoms with Gasteiger partial charge in [0.25, 0.3) is 0 Å². The number of piperidine rings is 1. The number of anilines is 1. The Bertz CT molecular complexity index is 1070. The Kier molecular flexibility index (Phi) is 6.03. The van der Waals surface area contributed by atoms with Crippen molar-refractivity contribution in [2.45, 2.75) is 38.1 Å². The molecular formula is C24H27N5O2S. The molecular weight excluding hydrogens is 422 g/mol. The fourth-order valence-electron chi connectivity index (χ4n) is 4.08. The maximum atomic E-state index is 12.7. The van der Waals surface area contributed by atoms with E-state index in [0.29, 0.717) is 12.5 Å². The van der Waals surface area contributed by atoms with Crippen molar-refractivity contribution in [2.24, 2.45) is 5.92 Å². The third-order valence-electron chi connectivity index (χ3n) is 6.19. The van der Waals surface area contributed by atoms with Crippen LogP contribution in [0.4, 0.5) is 5.82 Å². The largest absolute Gasteiger partial charge is 0.497 e. The molecule has 0 atom stereocenters. The van der Waals surface area contributed by atoms with Crippen LogP contribution in [0.3, 0.4) is 0 Å². The van der Waals surface area contributed by atoms with Gasteiger partial charge in [0.1, 0.15) is 22.9 Å². The van der Waals surface area contributed by atoms with Gasteiger partial charge in [0, 0.05) is 47.6 Å². The number of hydrogen-bond donors (Lipinski definition) is 1. The first-order chi connectivity index (χ1) is 15.7. The van der Waals surface area contributed by atoms with Crippen LogP contribution in [0.2, 0.25) is 0 Å². The van der Waals surface area contributed by atoms with Crippen LogP contribution >= 0.6 is 11.3 Å². The lowest BCUT2D eigenvalue weighted by molar-refractivity contribution is -0.125. The summed E-state index contributed by atoms with van der Waals surface area (Å²) in [6, 6.07) is 9.98. The molecule has 3 heterocycles. The molecule has 3 aromatic rings. The van der Waals surface area contributed by atoms with Crippen LogP contribution in [0.15, 0.2) is 42.0 Å². The highest BCUT2D eigenvalue weighted by molar-refractivity contribution is 7.13. The molecule has 0 unspecified atom stereocenters. The van der Waals surface area contributed by atoms with Gasteiger partial charge in [-0.3, -0.25) is 4.79 Å². The topological polar surface area (TPSA) is 80.2 Å². The van der Waals surface area contributed by atoms with E-state index in [4.69, 9.17) is 4.74 Å². The first kappa shape index (κ1) is 20.9. The fraction of sp³-hybridized carbons (Fsp3) is 0.417. The predicted molar refractivity (Wildman–Crippen MR) is 125 cm³/mol. The van der Waals surface area contributed by atoms with Crippen LogP contribution in [0.25, 0.3) is 10.6 Å². The number of nitrogens with one attached hydrogen (secondary N) is 1. The zero-order chi connectivity index (χ0) is 21.9. The number of carbonyl (C=O) groups excluding carboxylic acids is 1. The minimum absolute atomic E-state index is 0.0377. The summed E-state index contributed by atoms with van der Waals surface area (Å²) in [6.07, 6.45) is 5.82. The minimum Gasteiger partial charge on any atom is -0.497 e. The molecule has 2 aliphatic rings. The van der Waals surface area contributed by atoms with E-state index in [1.54, 1.807) is 24.8 Å². The van der Waals surface area contributed by atoms with Crippen LogP contribution in [0, 0.1) is 5.92 Å². The first-order valence-electron chi connectivity index (χ1n) is 11.1. The molecule has 1 saturated heterocycles. The number of rotatable bonds is 7. The molecule has 1 aromatic carbocycles. The van der Waals surface area contributed by atoms with Crippen LogP contribution in [-0.2, 0) is 11.3 Å². The van der Waals surface area contributed by atoms with E-state index in [1.807, 2.05) is 29.6 Å². The van der Waals surface area contributed by atoms with E-state index in [1.165, 1.54) is 12.8 Å². The number of carbonyl (C=O) groups is 1. The van der Waals surface area contributed by atoms with Gasteiger partial charge >= 0.3 is 0 Å². The van der Waals surface area contributed by atoms with Crippen molar-refractivity contribution < 1.29 is 9.53 Å². The Hall–Kier alpha value is -3.00. The number of ether oxygens (including phenoxy) is 1. The number of benzene rings is 1. The van der Waals surface area contributed by atoms with Gasteiger partial charge in [0.05, 0.1) is 19.3 Å². The molecule has 8 heteroatoms. The van der Waals surface area contributed by atoms with E-state index < -0.39 is 0 Å². The van der Waals surface area contributed by atoms with E-state index in [9.17, 15) is 4.79 Å². The lowest BCUT2D eigenvalue weighted by atomic mass is 9.96. The van der Waals surface area contributed by atoms with Crippen molar-refractivity contribution >= 4 is 23.1 Å².